The summed E-state index contributed by atoms with van der Waals surface area (Å²) in [5, 5.41) is 12.8. The monoisotopic (exact) mass is 284 g/mol. The summed E-state index contributed by atoms with van der Waals surface area (Å²) in [6.45, 7) is 5.75. The Kier molecular flexibility index (Phi) is 3.99. The molecular weight excluding hydrogens is 264 g/mol. The number of rotatable bonds is 4. The average molecular weight is 284 g/mol. The summed E-state index contributed by atoms with van der Waals surface area (Å²) in [6, 6.07) is 3.75. The molecular formula is C16H20N4O. The van der Waals surface area contributed by atoms with E-state index in [4.69, 9.17) is 4.74 Å². The minimum atomic E-state index is 0.282. The van der Waals surface area contributed by atoms with Crippen molar-refractivity contribution in [3.63, 3.8) is 0 Å². The minimum Gasteiger partial charge on any atom is -0.473 e. The highest BCUT2D eigenvalue weighted by atomic mass is 16.5. The van der Waals surface area contributed by atoms with Gasteiger partial charge >= 0.3 is 0 Å². The molecule has 5 heteroatoms. The van der Waals surface area contributed by atoms with Crippen LogP contribution in [0.3, 0.4) is 0 Å². The molecule has 1 aliphatic rings. The first kappa shape index (κ1) is 13.8. The molecule has 0 N–H and O–H groups in total. The zero-order valence-electron chi connectivity index (χ0n) is 12.3. The van der Waals surface area contributed by atoms with Crippen molar-refractivity contribution in [2.75, 3.05) is 0 Å². The fraction of sp³-hybridized carbons (Fsp3) is 0.438. The van der Waals surface area contributed by atoms with Crippen molar-refractivity contribution in [3.05, 3.63) is 36.7 Å². The Balaban J connectivity index is 1.90. The molecule has 0 spiro atoms. The molecule has 110 valence electrons. The van der Waals surface area contributed by atoms with Crippen molar-refractivity contribution in [2.45, 2.75) is 45.1 Å². The van der Waals surface area contributed by atoms with Crippen LogP contribution in [0.1, 0.15) is 44.9 Å². The van der Waals surface area contributed by atoms with E-state index >= 15 is 0 Å². The molecule has 1 aliphatic carbocycles. The number of hydrogen-bond donors (Lipinski definition) is 0. The van der Waals surface area contributed by atoms with Gasteiger partial charge in [-0.3, -0.25) is 0 Å². The van der Waals surface area contributed by atoms with Crippen LogP contribution in [0.5, 0.6) is 5.88 Å². The summed E-state index contributed by atoms with van der Waals surface area (Å²) in [7, 11) is 0. The highest BCUT2D eigenvalue weighted by Gasteiger charge is 2.16. The van der Waals surface area contributed by atoms with E-state index in [9.17, 15) is 0 Å². The van der Waals surface area contributed by atoms with Crippen LogP contribution < -0.4 is 4.74 Å². The Morgan fingerprint density at radius 1 is 1.29 bits per heavy atom. The van der Waals surface area contributed by atoms with Crippen LogP contribution in [-0.4, -0.2) is 25.9 Å². The lowest BCUT2D eigenvalue weighted by Crippen LogP contribution is -2.20. The van der Waals surface area contributed by atoms with Crippen LogP contribution in [0.15, 0.2) is 30.9 Å². The highest BCUT2D eigenvalue weighted by molar-refractivity contribution is 5.69. The van der Waals surface area contributed by atoms with Gasteiger partial charge in [-0.25, -0.2) is 0 Å². The van der Waals surface area contributed by atoms with Gasteiger partial charge in [0.1, 0.15) is 6.10 Å². The molecule has 0 unspecified atom stereocenters. The molecule has 5 nitrogen and oxygen atoms in total. The maximum Gasteiger partial charge on any atom is 0.232 e. The van der Waals surface area contributed by atoms with Crippen LogP contribution >= 0.6 is 0 Å². The van der Waals surface area contributed by atoms with Gasteiger partial charge in [0.15, 0.2) is 11.5 Å². The molecule has 2 aromatic heterocycles. The second kappa shape index (κ2) is 6.08. The lowest BCUT2D eigenvalue weighted by atomic mass is 9.98. The van der Waals surface area contributed by atoms with E-state index in [0.29, 0.717) is 17.4 Å². The third kappa shape index (κ3) is 2.82. The van der Waals surface area contributed by atoms with E-state index in [0.717, 1.165) is 18.4 Å². The maximum absolute atomic E-state index is 6.00. The largest absolute Gasteiger partial charge is 0.473 e. The standard InChI is InChI=1S/C16H20N4O/c1-3-12(4-2)16-18-17-14-10-11-15(19-20(14)16)21-13-8-6-5-7-9-13/h3-4,10-11,13H,1,5-9H2,2H3/b12-4+. The van der Waals surface area contributed by atoms with Crippen molar-refractivity contribution in [2.24, 2.45) is 0 Å². The van der Waals surface area contributed by atoms with Gasteiger partial charge in [-0.05, 0) is 38.7 Å². The van der Waals surface area contributed by atoms with Gasteiger partial charge in [0.05, 0.1) is 0 Å². The van der Waals surface area contributed by atoms with E-state index in [2.05, 4.69) is 21.9 Å². The van der Waals surface area contributed by atoms with Gasteiger partial charge in [0, 0.05) is 11.6 Å². The first-order valence-corrected chi connectivity index (χ1v) is 7.50. The van der Waals surface area contributed by atoms with Crippen molar-refractivity contribution in [1.29, 1.82) is 0 Å². The van der Waals surface area contributed by atoms with Gasteiger partial charge in [-0.2, -0.15) is 4.52 Å². The lowest BCUT2D eigenvalue weighted by Gasteiger charge is -2.22. The maximum atomic E-state index is 6.00. The molecule has 0 aromatic carbocycles. The van der Waals surface area contributed by atoms with Crippen LogP contribution in [0.4, 0.5) is 0 Å². The fourth-order valence-corrected chi connectivity index (χ4v) is 2.71. The minimum absolute atomic E-state index is 0.282. The number of aromatic nitrogens is 4. The quantitative estimate of drug-likeness (QED) is 0.807. The third-order valence-electron chi connectivity index (χ3n) is 3.87. The highest BCUT2D eigenvalue weighted by Crippen LogP contribution is 2.23. The molecule has 1 saturated carbocycles. The first-order chi connectivity index (χ1) is 10.3. The zero-order chi connectivity index (χ0) is 14.7. The Morgan fingerprint density at radius 3 is 2.81 bits per heavy atom. The molecule has 3 rings (SSSR count). The average Bonchev–Trinajstić information content (AvgIpc) is 2.93. The summed E-state index contributed by atoms with van der Waals surface area (Å²) < 4.78 is 7.72. The van der Waals surface area contributed by atoms with Crippen molar-refractivity contribution >= 4 is 11.2 Å². The molecule has 0 atom stereocenters. The van der Waals surface area contributed by atoms with Gasteiger partial charge in [-0.15, -0.1) is 15.3 Å². The molecule has 0 amide bonds. The smallest absolute Gasteiger partial charge is 0.232 e. The molecule has 0 bridgehead atoms. The summed E-state index contributed by atoms with van der Waals surface area (Å²) in [6.07, 6.45) is 10.00. The number of fused-ring (bicyclic) bond motifs is 1. The van der Waals surface area contributed by atoms with Crippen LogP contribution in [0.2, 0.25) is 0 Å². The SMILES string of the molecule is C=C/C(=C\C)c1nnc2ccc(OC3CCCCC3)nn12. The summed E-state index contributed by atoms with van der Waals surface area (Å²) >= 11 is 0. The summed E-state index contributed by atoms with van der Waals surface area (Å²) in [5.41, 5.74) is 1.62. The Bertz CT molecular complexity index is 668. The fourth-order valence-electron chi connectivity index (χ4n) is 2.71. The summed E-state index contributed by atoms with van der Waals surface area (Å²) in [5.74, 6) is 1.33. The third-order valence-corrected chi connectivity index (χ3v) is 3.87. The zero-order valence-corrected chi connectivity index (χ0v) is 12.3. The number of nitrogens with zero attached hydrogens (tertiary/aromatic N) is 4. The molecule has 0 saturated heterocycles. The molecule has 1 fully saturated rings. The van der Waals surface area contributed by atoms with Crippen LogP contribution in [0, 0.1) is 0 Å². The van der Waals surface area contributed by atoms with E-state index in [1.165, 1.54) is 19.3 Å². The molecule has 2 aromatic rings. The topological polar surface area (TPSA) is 52.3 Å². The van der Waals surface area contributed by atoms with Crippen molar-refractivity contribution in [1.82, 2.24) is 19.8 Å². The predicted octanol–water partition coefficient (Wildman–Crippen LogP) is 3.43. The van der Waals surface area contributed by atoms with E-state index in [-0.39, 0.29) is 6.10 Å². The number of ether oxygens (including phenoxy) is 1. The Hall–Kier alpha value is -2.17. The second-order valence-corrected chi connectivity index (χ2v) is 5.29. The lowest BCUT2D eigenvalue weighted by molar-refractivity contribution is 0.146. The van der Waals surface area contributed by atoms with Gasteiger partial charge in [-0.1, -0.05) is 25.2 Å². The predicted molar refractivity (Wildman–Crippen MR) is 82.1 cm³/mol. The van der Waals surface area contributed by atoms with Crippen molar-refractivity contribution in [3.8, 4) is 5.88 Å². The number of allylic oxidation sites excluding steroid dienone is 3. The van der Waals surface area contributed by atoms with E-state index in [1.54, 1.807) is 10.6 Å². The molecule has 0 aliphatic heterocycles. The Labute approximate surface area is 124 Å². The van der Waals surface area contributed by atoms with E-state index in [1.807, 2.05) is 25.1 Å². The Morgan fingerprint density at radius 2 is 2.10 bits per heavy atom. The second-order valence-electron chi connectivity index (χ2n) is 5.29. The van der Waals surface area contributed by atoms with Crippen molar-refractivity contribution < 1.29 is 4.74 Å². The summed E-state index contributed by atoms with van der Waals surface area (Å²) in [4.78, 5) is 0. The van der Waals surface area contributed by atoms with Gasteiger partial charge < -0.3 is 4.74 Å². The van der Waals surface area contributed by atoms with Gasteiger partial charge in [0.2, 0.25) is 5.88 Å². The number of hydrogen-bond acceptors (Lipinski definition) is 4. The van der Waals surface area contributed by atoms with Crippen LogP contribution in [-0.2, 0) is 0 Å². The molecule has 0 radical (unpaired) electrons. The van der Waals surface area contributed by atoms with Crippen LogP contribution in [0.25, 0.3) is 11.2 Å². The normalized spacial score (nSPS) is 17.1. The molecule has 21 heavy (non-hydrogen) atoms. The van der Waals surface area contributed by atoms with E-state index < -0.39 is 0 Å². The molecule has 2 heterocycles. The first-order valence-electron chi connectivity index (χ1n) is 7.50. The van der Waals surface area contributed by atoms with Gasteiger partial charge in [0.25, 0.3) is 0 Å².